The minimum absolute atomic E-state index is 0.0119. The summed E-state index contributed by atoms with van der Waals surface area (Å²) in [4.78, 5) is 30.8. The van der Waals surface area contributed by atoms with Crippen molar-refractivity contribution in [1.82, 2.24) is 15.2 Å². The number of cyclic esters (lactones) is 1. The lowest BCUT2D eigenvalue weighted by molar-refractivity contribution is 0.0904. The van der Waals surface area contributed by atoms with E-state index >= 15 is 0 Å². The van der Waals surface area contributed by atoms with Gasteiger partial charge in [-0.15, -0.1) is 0 Å². The summed E-state index contributed by atoms with van der Waals surface area (Å²) < 4.78 is 17.3. The maximum atomic E-state index is 12.9. The third-order valence-corrected chi connectivity index (χ3v) is 6.22. The van der Waals surface area contributed by atoms with Crippen LogP contribution in [0.4, 0.5) is 4.79 Å². The largest absolute Gasteiger partial charge is 0.487 e. The Labute approximate surface area is 199 Å². The number of hydrogen-bond acceptors (Lipinski definition) is 6. The maximum Gasteiger partial charge on any atom is 0.410 e. The molecular weight excluding hydrogens is 502 g/mol. The zero-order valence-corrected chi connectivity index (χ0v) is 19.8. The fourth-order valence-electron chi connectivity index (χ4n) is 3.78. The van der Waals surface area contributed by atoms with Crippen molar-refractivity contribution in [3.8, 4) is 11.6 Å². The Morgan fingerprint density at radius 2 is 2.16 bits per heavy atom. The summed E-state index contributed by atoms with van der Waals surface area (Å²) in [6.07, 6.45) is 0.941. The summed E-state index contributed by atoms with van der Waals surface area (Å²) in [7, 11) is 0. The third kappa shape index (κ3) is 5.10. The highest BCUT2D eigenvalue weighted by Gasteiger charge is 2.39. The Morgan fingerprint density at radius 1 is 1.38 bits per heavy atom. The van der Waals surface area contributed by atoms with Crippen molar-refractivity contribution < 1.29 is 23.8 Å². The predicted octanol–water partition coefficient (Wildman–Crippen LogP) is 4.19. The normalized spacial score (nSPS) is 19.8. The number of carbonyl (C=O) groups excluding carboxylic acids is 2. The van der Waals surface area contributed by atoms with Crippen molar-refractivity contribution in [2.75, 3.05) is 19.8 Å². The molecule has 2 aliphatic heterocycles. The first-order valence-electron chi connectivity index (χ1n) is 10.4. The molecule has 8 nitrogen and oxygen atoms in total. The lowest BCUT2D eigenvalue weighted by atomic mass is 10.0. The molecule has 3 heterocycles. The molecule has 2 aliphatic rings. The quantitative estimate of drug-likeness (QED) is 0.547. The Morgan fingerprint density at radius 3 is 2.91 bits per heavy atom. The van der Waals surface area contributed by atoms with Gasteiger partial charge in [0, 0.05) is 37.0 Å². The molecule has 0 saturated carbocycles. The van der Waals surface area contributed by atoms with Crippen LogP contribution in [0.25, 0.3) is 0 Å². The van der Waals surface area contributed by atoms with Crippen LogP contribution in [0, 0.1) is 0 Å². The van der Waals surface area contributed by atoms with Crippen LogP contribution in [0.1, 0.15) is 35.7 Å². The second-order valence-electron chi connectivity index (χ2n) is 7.56. The number of amides is 2. The SMILES string of the molecule is CCOc1nc(Br)c(O[C@H]2CCN3C(=O)OC[C@@H]3C2)cc1C(=O)NCc1ccc(Cl)cc1. The average Bonchev–Trinajstić information content (AvgIpc) is 3.15. The van der Waals surface area contributed by atoms with Crippen LogP contribution >= 0.6 is 27.5 Å². The van der Waals surface area contributed by atoms with E-state index in [2.05, 4.69) is 26.2 Å². The van der Waals surface area contributed by atoms with Crippen molar-refractivity contribution in [1.29, 1.82) is 0 Å². The molecule has 0 bridgehead atoms. The molecule has 10 heteroatoms. The van der Waals surface area contributed by atoms with Crippen molar-refractivity contribution in [2.24, 2.45) is 0 Å². The molecular formula is C22H23BrClN3O5. The van der Waals surface area contributed by atoms with Gasteiger partial charge in [-0.3, -0.25) is 4.79 Å². The van der Waals surface area contributed by atoms with Gasteiger partial charge >= 0.3 is 6.09 Å². The second-order valence-corrected chi connectivity index (χ2v) is 8.75. The zero-order chi connectivity index (χ0) is 22.7. The van der Waals surface area contributed by atoms with Gasteiger partial charge in [0.05, 0.1) is 12.6 Å². The number of piperidine rings is 1. The minimum atomic E-state index is -0.321. The Balaban J connectivity index is 1.48. The number of hydrogen-bond donors (Lipinski definition) is 1. The van der Waals surface area contributed by atoms with E-state index in [0.717, 1.165) is 5.56 Å². The van der Waals surface area contributed by atoms with E-state index in [1.807, 2.05) is 19.1 Å². The predicted molar refractivity (Wildman–Crippen MR) is 121 cm³/mol. The highest BCUT2D eigenvalue weighted by molar-refractivity contribution is 9.10. The summed E-state index contributed by atoms with van der Waals surface area (Å²) in [5.74, 6) is 0.358. The molecule has 0 spiro atoms. The smallest absolute Gasteiger partial charge is 0.410 e. The standard InChI is InChI=1S/C22H23BrClN3O5/c1-2-30-21-17(20(28)25-11-13-3-5-14(24)6-4-13)10-18(19(23)26-21)32-16-7-8-27-15(9-16)12-31-22(27)29/h3-6,10,15-16H,2,7-9,11-12H2,1H3,(H,25,28)/t15-,16-/m0/s1. The van der Waals surface area contributed by atoms with E-state index in [1.165, 1.54) is 0 Å². The summed E-state index contributed by atoms with van der Waals surface area (Å²) >= 11 is 9.34. The molecule has 0 unspecified atom stereocenters. The van der Waals surface area contributed by atoms with E-state index < -0.39 is 0 Å². The Bertz CT molecular complexity index is 1000. The maximum absolute atomic E-state index is 12.9. The molecule has 170 valence electrons. The molecule has 2 saturated heterocycles. The lowest BCUT2D eigenvalue weighted by Gasteiger charge is -2.32. The van der Waals surface area contributed by atoms with E-state index in [1.54, 1.807) is 23.1 Å². The molecule has 2 aromatic rings. The first-order chi connectivity index (χ1) is 15.4. The molecule has 0 aliphatic carbocycles. The number of aromatic nitrogens is 1. The minimum Gasteiger partial charge on any atom is -0.487 e. The van der Waals surface area contributed by atoms with Crippen molar-refractivity contribution >= 4 is 39.5 Å². The molecule has 2 atom stereocenters. The van der Waals surface area contributed by atoms with Crippen LogP contribution in [-0.2, 0) is 11.3 Å². The Hall–Kier alpha value is -2.52. The Kier molecular flexibility index (Phi) is 7.05. The fraction of sp³-hybridized carbons (Fsp3) is 0.409. The summed E-state index contributed by atoms with van der Waals surface area (Å²) in [5, 5.41) is 3.52. The molecule has 1 aromatic carbocycles. The number of pyridine rings is 1. The molecule has 4 rings (SSSR count). The molecule has 2 fully saturated rings. The molecule has 0 radical (unpaired) electrons. The van der Waals surface area contributed by atoms with Crippen LogP contribution in [0.2, 0.25) is 5.02 Å². The van der Waals surface area contributed by atoms with Gasteiger partial charge in [0.25, 0.3) is 5.91 Å². The average molecular weight is 525 g/mol. The number of ether oxygens (including phenoxy) is 3. The fourth-order valence-corrected chi connectivity index (χ4v) is 4.27. The number of nitrogens with one attached hydrogen (secondary N) is 1. The van der Waals surface area contributed by atoms with Gasteiger partial charge in [0.15, 0.2) is 10.4 Å². The first-order valence-corrected chi connectivity index (χ1v) is 11.6. The van der Waals surface area contributed by atoms with Crippen LogP contribution in [-0.4, -0.2) is 53.8 Å². The number of carbonyl (C=O) groups is 2. The van der Waals surface area contributed by atoms with Gasteiger partial charge in [-0.25, -0.2) is 9.78 Å². The summed E-state index contributed by atoms with van der Waals surface area (Å²) in [5.41, 5.74) is 1.21. The van der Waals surface area contributed by atoms with E-state index in [9.17, 15) is 9.59 Å². The number of benzene rings is 1. The summed E-state index contributed by atoms with van der Waals surface area (Å²) in [6.45, 7) is 3.48. The second kappa shape index (κ2) is 9.95. The third-order valence-electron chi connectivity index (χ3n) is 5.40. The van der Waals surface area contributed by atoms with Gasteiger partial charge < -0.3 is 24.4 Å². The zero-order valence-electron chi connectivity index (χ0n) is 17.5. The van der Waals surface area contributed by atoms with Crippen molar-refractivity contribution in [3.05, 3.63) is 51.1 Å². The first kappa shape index (κ1) is 22.7. The van der Waals surface area contributed by atoms with Gasteiger partial charge in [-0.1, -0.05) is 23.7 Å². The topological polar surface area (TPSA) is 90.0 Å². The molecule has 2 amide bonds. The van der Waals surface area contributed by atoms with Crippen LogP contribution in [0.5, 0.6) is 11.6 Å². The van der Waals surface area contributed by atoms with Crippen LogP contribution in [0.3, 0.4) is 0 Å². The van der Waals surface area contributed by atoms with Crippen molar-refractivity contribution in [3.63, 3.8) is 0 Å². The number of halogens is 2. The van der Waals surface area contributed by atoms with E-state index in [-0.39, 0.29) is 35.6 Å². The van der Waals surface area contributed by atoms with Gasteiger partial charge in [-0.05, 0) is 40.5 Å². The highest BCUT2D eigenvalue weighted by atomic mass is 79.9. The number of nitrogens with zero attached hydrogens (tertiary/aromatic N) is 2. The molecule has 1 N–H and O–H groups in total. The van der Waals surface area contributed by atoms with Gasteiger partial charge in [0.1, 0.15) is 18.3 Å². The summed E-state index contributed by atoms with van der Waals surface area (Å²) in [6, 6.07) is 8.90. The van der Waals surface area contributed by atoms with Crippen LogP contribution < -0.4 is 14.8 Å². The number of rotatable bonds is 7. The van der Waals surface area contributed by atoms with Crippen molar-refractivity contribution in [2.45, 2.75) is 38.5 Å². The molecule has 32 heavy (non-hydrogen) atoms. The molecule has 1 aromatic heterocycles. The monoisotopic (exact) mass is 523 g/mol. The van der Waals surface area contributed by atoms with Crippen LogP contribution in [0.15, 0.2) is 34.9 Å². The van der Waals surface area contributed by atoms with Gasteiger partial charge in [-0.2, -0.15) is 0 Å². The lowest BCUT2D eigenvalue weighted by Crippen LogP contribution is -2.44. The van der Waals surface area contributed by atoms with E-state index in [0.29, 0.717) is 54.5 Å². The number of fused-ring (bicyclic) bond motifs is 1. The van der Waals surface area contributed by atoms with E-state index in [4.69, 9.17) is 25.8 Å². The highest BCUT2D eigenvalue weighted by Crippen LogP contribution is 2.33. The van der Waals surface area contributed by atoms with Gasteiger partial charge in [0.2, 0.25) is 5.88 Å².